The molecule has 1 aliphatic heterocycles. The molecule has 1 aliphatic rings. The number of carbonyl (C=O) groups excluding carboxylic acids is 1. The number of aromatic amines is 1. The molecule has 1 unspecified atom stereocenters. The number of amides is 1. The number of carbonyl (C=O) groups is 1. The number of nitrogens with one attached hydrogen (secondary N) is 1. The summed E-state index contributed by atoms with van der Waals surface area (Å²) in [5.41, 5.74) is 0.779. The Bertz CT molecular complexity index is 1020. The number of hydrogen-bond donors (Lipinski definition) is 1. The van der Waals surface area contributed by atoms with Gasteiger partial charge in [-0.05, 0) is 31.0 Å². The van der Waals surface area contributed by atoms with Crippen molar-refractivity contribution in [3.63, 3.8) is 0 Å². The third kappa shape index (κ3) is 3.10. The van der Waals surface area contributed by atoms with Crippen molar-refractivity contribution < 1.29 is 22.4 Å². The largest absolute Gasteiger partial charge is 0.451 e. The first kappa shape index (κ1) is 18.1. The standard InChI is InChI=1S/C16H13F4N7O/c1-8-21-12(25-27(8)15-22-14(23-24-15)16(18,19)20)13(28)26-7-6-11(26)9-2-4-10(17)5-3-9/h2-5,11H,6-7H2,1H3,(H,22,23,24). The number of aromatic nitrogens is 6. The minimum atomic E-state index is -4.68. The van der Waals surface area contributed by atoms with E-state index in [0.29, 0.717) is 13.0 Å². The Kier molecular flexibility index (Phi) is 4.12. The molecule has 0 radical (unpaired) electrons. The van der Waals surface area contributed by atoms with Gasteiger partial charge in [-0.3, -0.25) is 9.89 Å². The van der Waals surface area contributed by atoms with E-state index in [1.807, 2.05) is 0 Å². The molecule has 1 aromatic carbocycles. The van der Waals surface area contributed by atoms with E-state index in [9.17, 15) is 22.4 Å². The van der Waals surface area contributed by atoms with Crippen molar-refractivity contribution >= 4 is 5.91 Å². The molecule has 4 rings (SSSR count). The monoisotopic (exact) mass is 395 g/mol. The summed E-state index contributed by atoms with van der Waals surface area (Å²) >= 11 is 0. The Labute approximate surface area is 155 Å². The molecule has 3 aromatic rings. The number of H-pyrrole nitrogens is 1. The molecule has 1 fully saturated rings. The maximum Gasteiger partial charge on any atom is 0.451 e. The molecule has 1 amide bonds. The smallest absolute Gasteiger partial charge is 0.329 e. The van der Waals surface area contributed by atoms with Crippen LogP contribution in [0, 0.1) is 12.7 Å². The van der Waals surface area contributed by atoms with Gasteiger partial charge in [0, 0.05) is 6.54 Å². The third-order valence-electron chi connectivity index (χ3n) is 4.43. The zero-order valence-corrected chi connectivity index (χ0v) is 14.4. The molecule has 8 nitrogen and oxygen atoms in total. The van der Waals surface area contributed by atoms with Crippen LogP contribution in [0.25, 0.3) is 5.95 Å². The van der Waals surface area contributed by atoms with Crippen molar-refractivity contribution in [3.05, 3.63) is 53.1 Å². The van der Waals surface area contributed by atoms with Crippen molar-refractivity contribution in [2.45, 2.75) is 25.6 Å². The number of benzene rings is 1. The van der Waals surface area contributed by atoms with Gasteiger partial charge in [0.2, 0.25) is 11.6 Å². The molecule has 1 atom stereocenters. The highest BCUT2D eigenvalue weighted by atomic mass is 19.4. The van der Waals surface area contributed by atoms with E-state index in [0.717, 1.165) is 10.2 Å². The molecule has 146 valence electrons. The summed E-state index contributed by atoms with van der Waals surface area (Å²) < 4.78 is 52.1. The van der Waals surface area contributed by atoms with E-state index in [2.05, 4.69) is 20.2 Å². The number of likely N-dealkylation sites (tertiary alicyclic amines) is 1. The molecular formula is C16H13F4N7O. The normalized spacial score (nSPS) is 16.9. The van der Waals surface area contributed by atoms with Gasteiger partial charge in [0.05, 0.1) is 6.04 Å². The zero-order chi connectivity index (χ0) is 20.1. The maximum atomic E-state index is 13.1. The first-order chi connectivity index (χ1) is 13.2. The van der Waals surface area contributed by atoms with Crippen molar-refractivity contribution in [1.29, 1.82) is 0 Å². The fourth-order valence-corrected chi connectivity index (χ4v) is 2.93. The van der Waals surface area contributed by atoms with Gasteiger partial charge < -0.3 is 4.90 Å². The minimum absolute atomic E-state index is 0.162. The van der Waals surface area contributed by atoms with Gasteiger partial charge in [0.15, 0.2) is 0 Å². The summed E-state index contributed by atoms with van der Waals surface area (Å²) in [6, 6.07) is 5.59. The Morgan fingerprint density at radius 3 is 2.50 bits per heavy atom. The van der Waals surface area contributed by atoms with Gasteiger partial charge in [-0.2, -0.15) is 22.8 Å². The molecule has 2 aromatic heterocycles. The second-order valence-electron chi connectivity index (χ2n) is 6.23. The molecule has 0 bridgehead atoms. The molecule has 0 spiro atoms. The molecule has 3 heterocycles. The van der Waals surface area contributed by atoms with E-state index >= 15 is 0 Å². The average molecular weight is 395 g/mol. The second-order valence-corrected chi connectivity index (χ2v) is 6.23. The lowest BCUT2D eigenvalue weighted by Crippen LogP contribution is -2.45. The van der Waals surface area contributed by atoms with Crippen molar-refractivity contribution in [3.8, 4) is 5.95 Å². The van der Waals surface area contributed by atoms with Crippen LogP contribution in [0.5, 0.6) is 0 Å². The van der Waals surface area contributed by atoms with Crippen molar-refractivity contribution in [2.75, 3.05) is 6.54 Å². The maximum absolute atomic E-state index is 13.1. The summed E-state index contributed by atoms with van der Waals surface area (Å²) in [5.74, 6) is -2.51. The van der Waals surface area contributed by atoms with Crippen molar-refractivity contribution in [2.24, 2.45) is 0 Å². The van der Waals surface area contributed by atoms with E-state index in [4.69, 9.17) is 0 Å². The quantitative estimate of drug-likeness (QED) is 0.688. The van der Waals surface area contributed by atoms with Crippen LogP contribution in [0.3, 0.4) is 0 Å². The lowest BCUT2D eigenvalue weighted by molar-refractivity contribution is -0.144. The van der Waals surface area contributed by atoms with Crippen LogP contribution in [0.1, 0.15) is 40.3 Å². The van der Waals surface area contributed by atoms with Crippen LogP contribution >= 0.6 is 0 Å². The van der Waals surface area contributed by atoms with Crippen LogP contribution < -0.4 is 0 Å². The molecule has 28 heavy (non-hydrogen) atoms. The Morgan fingerprint density at radius 2 is 1.93 bits per heavy atom. The predicted octanol–water partition coefficient (Wildman–Crippen LogP) is 2.44. The second kappa shape index (κ2) is 6.39. The van der Waals surface area contributed by atoms with Crippen LogP contribution in [0.2, 0.25) is 0 Å². The number of rotatable bonds is 3. The fraction of sp³-hybridized carbons (Fsp3) is 0.312. The van der Waals surface area contributed by atoms with Gasteiger partial charge in [0.1, 0.15) is 11.6 Å². The minimum Gasteiger partial charge on any atom is -0.329 e. The number of hydrogen-bond acceptors (Lipinski definition) is 5. The zero-order valence-electron chi connectivity index (χ0n) is 14.4. The van der Waals surface area contributed by atoms with Gasteiger partial charge in [0.25, 0.3) is 11.9 Å². The van der Waals surface area contributed by atoms with Crippen LogP contribution in [0.4, 0.5) is 17.6 Å². The lowest BCUT2D eigenvalue weighted by atomic mass is 9.94. The first-order valence-corrected chi connectivity index (χ1v) is 8.24. The SMILES string of the molecule is Cc1nc(C(=O)N2CCC2c2ccc(F)cc2)nn1-c1n[nH]c(C(F)(F)F)n1. The summed E-state index contributed by atoms with van der Waals surface area (Å²) in [4.78, 5) is 21.6. The van der Waals surface area contributed by atoms with Gasteiger partial charge in [-0.1, -0.05) is 12.1 Å². The topological polar surface area (TPSA) is 92.6 Å². The van der Waals surface area contributed by atoms with Crippen LogP contribution in [0.15, 0.2) is 24.3 Å². The van der Waals surface area contributed by atoms with Crippen molar-refractivity contribution in [1.82, 2.24) is 34.8 Å². The summed E-state index contributed by atoms with van der Waals surface area (Å²) in [6.07, 6.45) is -3.98. The summed E-state index contributed by atoms with van der Waals surface area (Å²) in [7, 11) is 0. The molecule has 1 N–H and O–H groups in total. The molecule has 0 saturated carbocycles. The molecule has 12 heteroatoms. The van der Waals surface area contributed by atoms with Gasteiger partial charge in [-0.15, -0.1) is 10.2 Å². The van der Waals surface area contributed by atoms with E-state index in [-0.39, 0.29) is 29.5 Å². The van der Waals surface area contributed by atoms with E-state index in [1.54, 1.807) is 17.2 Å². The fourth-order valence-electron chi connectivity index (χ4n) is 2.93. The number of halogens is 4. The van der Waals surface area contributed by atoms with Gasteiger partial charge >= 0.3 is 6.18 Å². The van der Waals surface area contributed by atoms with Gasteiger partial charge in [-0.25, -0.2) is 9.37 Å². The Balaban J connectivity index is 1.57. The highest BCUT2D eigenvalue weighted by Gasteiger charge is 2.37. The highest BCUT2D eigenvalue weighted by molar-refractivity contribution is 5.91. The average Bonchev–Trinajstić information content (AvgIpc) is 3.22. The van der Waals surface area contributed by atoms with Crippen LogP contribution in [-0.4, -0.2) is 47.3 Å². The van der Waals surface area contributed by atoms with Crippen LogP contribution in [-0.2, 0) is 6.18 Å². The summed E-state index contributed by atoms with van der Waals surface area (Å²) in [6.45, 7) is 1.94. The molecule has 1 saturated heterocycles. The first-order valence-electron chi connectivity index (χ1n) is 8.24. The summed E-state index contributed by atoms with van der Waals surface area (Å²) in [5, 5.41) is 9.23. The Morgan fingerprint density at radius 1 is 1.21 bits per heavy atom. The van der Waals surface area contributed by atoms with E-state index in [1.165, 1.54) is 24.0 Å². The Hall–Kier alpha value is -3.31. The van der Waals surface area contributed by atoms with E-state index < -0.39 is 17.9 Å². The predicted molar refractivity (Wildman–Crippen MR) is 85.8 cm³/mol. The number of aryl methyl sites for hydroxylation is 1. The highest BCUT2D eigenvalue weighted by Crippen LogP contribution is 2.34. The number of nitrogens with zero attached hydrogens (tertiary/aromatic N) is 6. The molecule has 0 aliphatic carbocycles. The third-order valence-corrected chi connectivity index (χ3v) is 4.43. The lowest BCUT2D eigenvalue weighted by Gasteiger charge is -2.40. The number of alkyl halides is 3. The molecular weight excluding hydrogens is 382 g/mol.